The van der Waals surface area contributed by atoms with E-state index in [0.717, 1.165) is 0 Å². The third-order valence-corrected chi connectivity index (χ3v) is 2.78. The number of carbonyl (C=O) groups is 1. The Balaban J connectivity index is 1.87. The lowest BCUT2D eigenvalue weighted by Crippen LogP contribution is -2.20. The molecule has 0 aliphatic heterocycles. The van der Waals surface area contributed by atoms with Gasteiger partial charge in [0.25, 0.3) is 5.56 Å². The molecule has 0 radical (unpaired) electrons. The Morgan fingerprint density at radius 2 is 2.06 bits per heavy atom. The molecule has 1 heterocycles. The van der Waals surface area contributed by atoms with E-state index in [0.29, 0.717) is 5.69 Å². The molecular weight excluding hydrogens is 240 g/mol. The number of para-hydroxylation sites is 1. The van der Waals surface area contributed by atoms with Gasteiger partial charge in [-0.2, -0.15) is 0 Å². The van der Waals surface area contributed by atoms with Crippen LogP contribution in [0.3, 0.4) is 0 Å². The van der Waals surface area contributed by atoms with E-state index in [2.05, 4.69) is 5.32 Å². The van der Waals surface area contributed by atoms with Gasteiger partial charge in [-0.1, -0.05) is 29.7 Å². The van der Waals surface area contributed by atoms with Gasteiger partial charge in [-0.15, -0.1) is 0 Å². The van der Waals surface area contributed by atoms with Gasteiger partial charge in [0, 0.05) is 17.1 Å². The van der Waals surface area contributed by atoms with Crippen LogP contribution in [0.2, 0.25) is 0 Å². The molecule has 1 N–H and O–H groups in total. The smallest absolute Gasteiger partial charge is 0.413 e. The third-order valence-electron chi connectivity index (χ3n) is 1.98. The van der Waals surface area contributed by atoms with Gasteiger partial charge in [-0.25, -0.2) is 8.75 Å². The number of rotatable bonds is 3. The van der Waals surface area contributed by atoms with Crippen LogP contribution in [-0.2, 0) is 11.5 Å². The largest absolute Gasteiger partial charge is 0.427 e. The third kappa shape index (κ3) is 3.18. The standard InChI is InChI=1S/C11H10N2O3S/c14-10-6-7-17-13(10)8-16-11(15)12-9-4-2-1-3-5-9/h1-7H,8H2,(H,12,15). The highest BCUT2D eigenvalue weighted by Crippen LogP contribution is 2.05. The average molecular weight is 250 g/mol. The maximum Gasteiger partial charge on any atom is 0.413 e. The summed E-state index contributed by atoms with van der Waals surface area (Å²) in [7, 11) is 0. The van der Waals surface area contributed by atoms with E-state index in [9.17, 15) is 9.59 Å². The molecule has 5 nitrogen and oxygen atoms in total. The number of amides is 1. The Kier molecular flexibility index (Phi) is 3.56. The fourth-order valence-electron chi connectivity index (χ4n) is 1.18. The van der Waals surface area contributed by atoms with Crippen molar-refractivity contribution in [3.8, 4) is 0 Å². The fourth-order valence-corrected chi connectivity index (χ4v) is 1.79. The number of hydrogen-bond acceptors (Lipinski definition) is 4. The van der Waals surface area contributed by atoms with E-state index in [1.165, 1.54) is 21.6 Å². The maximum absolute atomic E-state index is 11.4. The van der Waals surface area contributed by atoms with Gasteiger partial charge >= 0.3 is 6.09 Å². The number of nitrogens with one attached hydrogen (secondary N) is 1. The Bertz CT molecular complexity index is 547. The van der Waals surface area contributed by atoms with Crippen LogP contribution in [0.4, 0.5) is 10.5 Å². The second-order valence-electron chi connectivity index (χ2n) is 3.18. The van der Waals surface area contributed by atoms with Gasteiger partial charge in [0.1, 0.15) is 0 Å². The summed E-state index contributed by atoms with van der Waals surface area (Å²) in [6.07, 6.45) is -0.587. The van der Waals surface area contributed by atoms with Crippen LogP contribution in [0.1, 0.15) is 0 Å². The average Bonchev–Trinajstić information content (AvgIpc) is 2.74. The summed E-state index contributed by atoms with van der Waals surface area (Å²) in [5.41, 5.74) is 0.471. The number of ether oxygens (including phenoxy) is 1. The molecule has 0 spiro atoms. The Labute approximate surface area is 101 Å². The van der Waals surface area contributed by atoms with Crippen LogP contribution < -0.4 is 10.9 Å². The molecule has 0 saturated heterocycles. The van der Waals surface area contributed by atoms with Crippen LogP contribution in [0.5, 0.6) is 0 Å². The summed E-state index contributed by atoms with van der Waals surface area (Å²) in [5, 5.41) is 4.19. The van der Waals surface area contributed by atoms with E-state index in [1.807, 2.05) is 6.07 Å². The van der Waals surface area contributed by atoms with Crippen molar-refractivity contribution in [2.45, 2.75) is 6.73 Å². The molecule has 2 aromatic rings. The zero-order chi connectivity index (χ0) is 12.1. The molecule has 0 bridgehead atoms. The summed E-state index contributed by atoms with van der Waals surface area (Å²) in [6.45, 7) is -0.0742. The van der Waals surface area contributed by atoms with E-state index < -0.39 is 6.09 Å². The number of aromatic nitrogens is 1. The molecular formula is C11H10N2O3S. The van der Waals surface area contributed by atoms with Crippen molar-refractivity contribution in [1.29, 1.82) is 0 Å². The minimum atomic E-state index is -0.587. The van der Waals surface area contributed by atoms with E-state index in [-0.39, 0.29) is 12.3 Å². The minimum absolute atomic E-state index is 0.0742. The molecule has 0 aliphatic carbocycles. The molecule has 17 heavy (non-hydrogen) atoms. The van der Waals surface area contributed by atoms with Crippen molar-refractivity contribution >= 4 is 23.3 Å². The number of nitrogens with zero attached hydrogens (tertiary/aromatic N) is 1. The van der Waals surface area contributed by atoms with Crippen molar-refractivity contribution in [2.75, 3.05) is 5.32 Å². The minimum Gasteiger partial charge on any atom is -0.427 e. The molecule has 2 rings (SSSR count). The Morgan fingerprint density at radius 1 is 1.29 bits per heavy atom. The van der Waals surface area contributed by atoms with Gasteiger partial charge in [0.15, 0.2) is 6.73 Å². The van der Waals surface area contributed by atoms with Gasteiger partial charge in [0.2, 0.25) is 0 Å². The van der Waals surface area contributed by atoms with Crippen LogP contribution in [-0.4, -0.2) is 10.0 Å². The zero-order valence-electron chi connectivity index (χ0n) is 8.83. The van der Waals surface area contributed by atoms with E-state index >= 15 is 0 Å². The molecule has 1 aromatic heterocycles. The number of hydrogen-bond donors (Lipinski definition) is 1. The Morgan fingerprint density at radius 3 is 2.71 bits per heavy atom. The van der Waals surface area contributed by atoms with Gasteiger partial charge in [-0.3, -0.25) is 10.1 Å². The van der Waals surface area contributed by atoms with Crippen LogP contribution >= 0.6 is 11.5 Å². The maximum atomic E-state index is 11.4. The second-order valence-corrected chi connectivity index (χ2v) is 4.10. The molecule has 0 atom stereocenters. The lowest BCUT2D eigenvalue weighted by Gasteiger charge is -2.06. The highest BCUT2D eigenvalue weighted by Gasteiger charge is 2.04. The normalized spacial score (nSPS) is 9.88. The van der Waals surface area contributed by atoms with Crippen LogP contribution in [0.15, 0.2) is 46.6 Å². The quantitative estimate of drug-likeness (QED) is 0.907. The van der Waals surface area contributed by atoms with Gasteiger partial charge < -0.3 is 4.74 Å². The van der Waals surface area contributed by atoms with E-state index in [1.54, 1.807) is 29.6 Å². The van der Waals surface area contributed by atoms with Gasteiger partial charge in [-0.05, 0) is 12.1 Å². The van der Waals surface area contributed by atoms with Crippen molar-refractivity contribution in [1.82, 2.24) is 3.96 Å². The van der Waals surface area contributed by atoms with Crippen LogP contribution in [0.25, 0.3) is 0 Å². The summed E-state index contributed by atoms with van der Waals surface area (Å²) >= 11 is 1.20. The summed E-state index contributed by atoms with van der Waals surface area (Å²) in [4.78, 5) is 22.5. The number of carbonyl (C=O) groups excluding carboxylic acids is 1. The molecule has 0 aliphatic rings. The fraction of sp³-hybridized carbons (Fsp3) is 0.0909. The topological polar surface area (TPSA) is 60.3 Å². The summed E-state index contributed by atoms with van der Waals surface area (Å²) < 4.78 is 6.23. The molecule has 0 saturated carbocycles. The first-order valence-corrected chi connectivity index (χ1v) is 5.73. The van der Waals surface area contributed by atoms with Crippen molar-refractivity contribution in [2.24, 2.45) is 0 Å². The predicted octanol–water partition coefficient (Wildman–Crippen LogP) is 2.12. The summed E-state index contributed by atoms with van der Waals surface area (Å²) in [5.74, 6) is 0. The molecule has 0 unspecified atom stereocenters. The second kappa shape index (κ2) is 5.31. The molecule has 1 amide bonds. The molecule has 88 valence electrons. The Hall–Kier alpha value is -2.08. The first-order valence-electron chi connectivity index (χ1n) is 4.89. The van der Waals surface area contributed by atoms with Crippen molar-refractivity contribution in [3.63, 3.8) is 0 Å². The van der Waals surface area contributed by atoms with Crippen LogP contribution in [0, 0.1) is 0 Å². The predicted molar refractivity (Wildman–Crippen MR) is 65.1 cm³/mol. The first kappa shape index (κ1) is 11.4. The van der Waals surface area contributed by atoms with E-state index in [4.69, 9.17) is 4.74 Å². The molecule has 0 fully saturated rings. The highest BCUT2D eigenvalue weighted by molar-refractivity contribution is 7.04. The SMILES string of the molecule is O=C(Nc1ccccc1)OCn1sccc1=O. The number of benzene rings is 1. The molecule has 6 heteroatoms. The molecule has 1 aromatic carbocycles. The van der Waals surface area contributed by atoms with Crippen molar-refractivity contribution < 1.29 is 9.53 Å². The monoisotopic (exact) mass is 250 g/mol. The lowest BCUT2D eigenvalue weighted by atomic mass is 10.3. The highest BCUT2D eigenvalue weighted by atomic mass is 32.1. The first-order chi connectivity index (χ1) is 8.25. The number of anilines is 1. The lowest BCUT2D eigenvalue weighted by molar-refractivity contribution is 0.131. The summed E-state index contributed by atoms with van der Waals surface area (Å²) in [6, 6.07) is 10.4. The van der Waals surface area contributed by atoms with Gasteiger partial charge in [0.05, 0.1) is 0 Å². The van der Waals surface area contributed by atoms with Crippen molar-refractivity contribution in [3.05, 3.63) is 52.1 Å². The zero-order valence-corrected chi connectivity index (χ0v) is 9.65.